The number of aliphatic hydroxyl groups is 1. The summed E-state index contributed by atoms with van der Waals surface area (Å²) >= 11 is 0. The molecule has 0 amide bonds. The molecule has 2 fully saturated rings. The molecule has 4 aliphatic rings. The molecule has 0 spiro atoms. The second kappa shape index (κ2) is 23.9. The van der Waals surface area contributed by atoms with Gasteiger partial charge in [0.1, 0.15) is 43.0 Å². The average molecular weight is 1160 g/mol. The van der Waals surface area contributed by atoms with Gasteiger partial charge in [0.25, 0.3) is 0 Å². The standard InChI is InChI=1S/C81H76O7/c1-78(2,61-27-31-63(32-28-61)81(66-37-41-69(42-38-66)84-51-70-52-85-70)48-75(58-23-15-8-16-24-58)73-44-26-60(46-77(73)81)56-19-11-6-12-20-56)87-50-67(82)49-83-68-39-35-65(36-40-68)80(64-33-29-62(30-34-64)79(3,4)88-54-71-53-86-71)47-74(57-21-13-7-14-22-57)72-43-25-59(45-76(72)80)55-17-9-5-10-18-55/h5-46,67,70-71,74-75,82H,47-54H2,1-4H3. The van der Waals surface area contributed by atoms with E-state index in [2.05, 4.69) is 282 Å². The van der Waals surface area contributed by atoms with Gasteiger partial charge in [-0.15, -0.1) is 0 Å². The zero-order valence-corrected chi connectivity index (χ0v) is 50.7. The summed E-state index contributed by atoms with van der Waals surface area (Å²) in [6.45, 7) is 11.2. The van der Waals surface area contributed by atoms with E-state index in [0.29, 0.717) is 19.0 Å². The predicted octanol–water partition coefficient (Wildman–Crippen LogP) is 16.9. The second-order valence-corrected chi connectivity index (χ2v) is 25.5. The first kappa shape index (κ1) is 57.4. The molecule has 7 atom stereocenters. The van der Waals surface area contributed by atoms with E-state index in [1.54, 1.807) is 0 Å². The molecule has 1 N–H and O–H groups in total. The molecule has 7 heteroatoms. The van der Waals surface area contributed by atoms with E-state index >= 15 is 0 Å². The van der Waals surface area contributed by atoms with E-state index in [1.165, 1.54) is 77.9 Å². The van der Waals surface area contributed by atoms with E-state index in [0.717, 1.165) is 42.9 Å². The van der Waals surface area contributed by atoms with Gasteiger partial charge in [-0.2, -0.15) is 0 Å². The lowest BCUT2D eigenvalue weighted by atomic mass is 9.69. The zero-order chi connectivity index (χ0) is 59.9. The van der Waals surface area contributed by atoms with Gasteiger partial charge in [-0.3, -0.25) is 0 Å². The van der Waals surface area contributed by atoms with Crippen molar-refractivity contribution in [1.29, 1.82) is 0 Å². The Labute approximate surface area is 518 Å². The molecule has 10 aromatic rings. The lowest BCUT2D eigenvalue weighted by Gasteiger charge is -2.34. The minimum absolute atomic E-state index is 0.0682. The van der Waals surface area contributed by atoms with E-state index in [9.17, 15) is 5.11 Å². The number of hydrogen-bond donors (Lipinski definition) is 1. The number of benzene rings is 10. The summed E-state index contributed by atoms with van der Waals surface area (Å²) in [5, 5.41) is 11.6. The summed E-state index contributed by atoms with van der Waals surface area (Å²) in [7, 11) is 0. The Balaban J connectivity index is 0.721. The summed E-state index contributed by atoms with van der Waals surface area (Å²) < 4.78 is 36.6. The maximum Gasteiger partial charge on any atom is 0.119 e. The minimum atomic E-state index is -0.881. The van der Waals surface area contributed by atoms with Crippen LogP contribution in [0.25, 0.3) is 22.3 Å². The van der Waals surface area contributed by atoms with Crippen LogP contribution in [-0.2, 0) is 41.0 Å². The predicted molar refractivity (Wildman–Crippen MR) is 350 cm³/mol. The van der Waals surface area contributed by atoms with Crippen LogP contribution in [0.15, 0.2) is 255 Å². The van der Waals surface area contributed by atoms with Crippen LogP contribution in [-0.4, -0.2) is 63.1 Å². The lowest BCUT2D eigenvalue weighted by molar-refractivity contribution is -0.0717. The molecule has 0 aromatic heterocycles. The minimum Gasteiger partial charge on any atom is -0.491 e. The van der Waals surface area contributed by atoms with Crippen molar-refractivity contribution in [3.05, 3.63) is 322 Å². The molecule has 2 aliphatic heterocycles. The fraction of sp³-hybridized carbons (Fsp3) is 0.259. The summed E-state index contributed by atoms with van der Waals surface area (Å²) in [5.41, 5.74) is 17.3. The van der Waals surface area contributed by atoms with Gasteiger partial charge in [0.2, 0.25) is 0 Å². The highest BCUT2D eigenvalue weighted by atomic mass is 16.6. The quantitative estimate of drug-likeness (QED) is 0.0677. The molecule has 2 aliphatic carbocycles. The third kappa shape index (κ3) is 11.4. The maximum atomic E-state index is 11.6. The third-order valence-electron chi connectivity index (χ3n) is 19.2. The number of epoxide rings is 2. The fourth-order valence-corrected chi connectivity index (χ4v) is 14.0. The summed E-state index contributed by atoms with van der Waals surface area (Å²) in [6.07, 6.45) is 1.17. The van der Waals surface area contributed by atoms with Crippen LogP contribution in [0.2, 0.25) is 0 Å². The van der Waals surface area contributed by atoms with Gasteiger partial charge in [-0.05, 0) is 166 Å². The Morgan fingerprint density at radius 1 is 0.409 bits per heavy atom. The number of ether oxygens (including phenoxy) is 6. The van der Waals surface area contributed by atoms with Gasteiger partial charge in [0, 0.05) is 22.7 Å². The Morgan fingerprint density at radius 2 is 0.784 bits per heavy atom. The largest absolute Gasteiger partial charge is 0.491 e. The number of aliphatic hydroxyl groups excluding tert-OH is 1. The Bertz CT molecular complexity index is 3990. The number of rotatable bonds is 22. The van der Waals surface area contributed by atoms with Crippen LogP contribution < -0.4 is 9.47 Å². The molecule has 0 radical (unpaired) electrons. The average Bonchev–Trinajstić information content (AvgIpc) is 1.61. The van der Waals surface area contributed by atoms with E-state index < -0.39 is 28.1 Å². The Kier molecular flexibility index (Phi) is 15.6. The molecule has 0 bridgehead atoms. The van der Waals surface area contributed by atoms with Crippen molar-refractivity contribution in [3.63, 3.8) is 0 Å². The molecule has 442 valence electrons. The normalized spacial score (nSPS) is 21.3. The number of fused-ring (bicyclic) bond motifs is 2. The first-order valence-electron chi connectivity index (χ1n) is 31.3. The van der Waals surface area contributed by atoms with Gasteiger partial charge in [-0.25, -0.2) is 0 Å². The van der Waals surface area contributed by atoms with Gasteiger partial charge in [0.15, 0.2) is 0 Å². The molecule has 2 saturated heterocycles. The smallest absolute Gasteiger partial charge is 0.119 e. The van der Waals surface area contributed by atoms with Crippen molar-refractivity contribution in [2.45, 2.75) is 92.7 Å². The van der Waals surface area contributed by atoms with Crippen LogP contribution in [0.5, 0.6) is 11.5 Å². The Morgan fingerprint density at radius 3 is 1.20 bits per heavy atom. The highest BCUT2D eigenvalue weighted by Crippen LogP contribution is 2.59. The summed E-state index contributed by atoms with van der Waals surface area (Å²) in [5.74, 6) is 1.85. The van der Waals surface area contributed by atoms with Crippen molar-refractivity contribution < 1.29 is 33.5 Å². The molecule has 14 rings (SSSR count). The van der Waals surface area contributed by atoms with Crippen LogP contribution >= 0.6 is 0 Å². The fourth-order valence-electron chi connectivity index (χ4n) is 14.0. The van der Waals surface area contributed by atoms with Crippen molar-refractivity contribution >= 4 is 0 Å². The molecule has 7 unspecified atom stereocenters. The van der Waals surface area contributed by atoms with Crippen molar-refractivity contribution in [2.24, 2.45) is 0 Å². The third-order valence-corrected chi connectivity index (χ3v) is 19.2. The number of hydrogen-bond acceptors (Lipinski definition) is 7. The van der Waals surface area contributed by atoms with Crippen molar-refractivity contribution in [2.75, 3.05) is 39.6 Å². The van der Waals surface area contributed by atoms with Crippen molar-refractivity contribution in [1.82, 2.24) is 0 Å². The monoisotopic (exact) mass is 1160 g/mol. The molecule has 88 heavy (non-hydrogen) atoms. The van der Waals surface area contributed by atoms with Gasteiger partial charge in [-0.1, -0.05) is 218 Å². The highest BCUT2D eigenvalue weighted by molar-refractivity contribution is 5.72. The topological polar surface area (TPSA) is 82.2 Å². The van der Waals surface area contributed by atoms with Crippen LogP contribution in [0.3, 0.4) is 0 Å². The summed E-state index contributed by atoms with van der Waals surface area (Å²) in [6, 6.07) is 92.8. The molecular weight excluding hydrogens is 1080 g/mol. The molecule has 0 saturated carbocycles. The molecule has 7 nitrogen and oxygen atoms in total. The first-order valence-corrected chi connectivity index (χ1v) is 31.3. The lowest BCUT2D eigenvalue weighted by Crippen LogP contribution is -2.31. The van der Waals surface area contributed by atoms with E-state index in [-0.39, 0.29) is 37.3 Å². The molecular formula is C81H76O7. The highest BCUT2D eigenvalue weighted by Gasteiger charge is 2.49. The Hall–Kier alpha value is -8.40. The van der Waals surface area contributed by atoms with Gasteiger partial charge >= 0.3 is 0 Å². The van der Waals surface area contributed by atoms with Gasteiger partial charge < -0.3 is 33.5 Å². The van der Waals surface area contributed by atoms with E-state index in [4.69, 9.17) is 28.4 Å². The maximum absolute atomic E-state index is 11.6. The van der Waals surface area contributed by atoms with Crippen LogP contribution in [0, 0.1) is 0 Å². The van der Waals surface area contributed by atoms with Crippen LogP contribution in [0.4, 0.5) is 0 Å². The van der Waals surface area contributed by atoms with E-state index in [1.807, 2.05) is 0 Å². The second-order valence-electron chi connectivity index (χ2n) is 25.5. The SMILES string of the molecule is CC(C)(OCC(O)COc1ccc(C2(c3ccc(C(C)(C)OCC4CO4)cc3)CC(c3ccccc3)c3ccc(-c4ccccc4)cc32)cc1)c1ccc(C2(c3ccc(OCC4CO4)cc3)CC(c3ccccc3)c3ccc(-c4ccccc4)cc32)cc1. The van der Waals surface area contributed by atoms with Gasteiger partial charge in [0.05, 0.1) is 37.6 Å². The first-order chi connectivity index (χ1) is 42.9. The van der Waals surface area contributed by atoms with Crippen molar-refractivity contribution in [3.8, 4) is 33.8 Å². The van der Waals surface area contributed by atoms with Crippen LogP contribution in [0.1, 0.15) is 119 Å². The molecule has 10 aromatic carbocycles. The summed E-state index contributed by atoms with van der Waals surface area (Å²) in [4.78, 5) is 0. The zero-order valence-electron chi connectivity index (χ0n) is 50.7. The molecule has 2 heterocycles.